The van der Waals surface area contributed by atoms with Crippen LogP contribution in [0.5, 0.6) is 0 Å². The molecule has 14 heavy (non-hydrogen) atoms. The zero-order valence-corrected chi connectivity index (χ0v) is 9.21. The molecule has 0 bridgehead atoms. The predicted octanol–water partition coefficient (Wildman–Crippen LogP) is 2.36. The third-order valence-corrected chi connectivity index (χ3v) is 2.92. The number of hydrogen-bond donors (Lipinski definition) is 1. The number of carbonyl (C=O) groups excluding carboxylic acids is 1. The molecule has 1 rings (SSSR count). The quantitative estimate of drug-likeness (QED) is 0.808. The zero-order valence-electron chi connectivity index (χ0n) is 7.63. The van der Waals surface area contributed by atoms with Gasteiger partial charge in [-0.3, -0.25) is 4.79 Å². The van der Waals surface area contributed by atoms with Gasteiger partial charge in [0.05, 0.1) is 5.56 Å². The van der Waals surface area contributed by atoms with E-state index in [2.05, 4.69) is 11.4 Å². The second-order valence-corrected chi connectivity index (χ2v) is 3.76. The average molecular weight is 229 g/mol. The molecule has 0 unspecified atom stereocenters. The van der Waals surface area contributed by atoms with Crippen LogP contribution >= 0.6 is 22.9 Å². The summed E-state index contributed by atoms with van der Waals surface area (Å²) in [6, 6.07) is 2.08. The molecule has 3 nitrogen and oxygen atoms in total. The van der Waals surface area contributed by atoms with Crippen molar-refractivity contribution in [3.63, 3.8) is 0 Å². The number of thiophene rings is 1. The summed E-state index contributed by atoms with van der Waals surface area (Å²) in [5.74, 6) is -0.378. The van der Waals surface area contributed by atoms with Crippen molar-refractivity contribution in [3.05, 3.63) is 16.5 Å². The van der Waals surface area contributed by atoms with Crippen molar-refractivity contribution in [2.75, 3.05) is 11.2 Å². The number of anilines is 1. The molecule has 1 amide bonds. The Morgan fingerprint density at radius 2 is 2.50 bits per heavy atom. The van der Waals surface area contributed by atoms with E-state index in [0.29, 0.717) is 10.6 Å². The molecule has 5 heteroatoms. The van der Waals surface area contributed by atoms with Gasteiger partial charge in [0.1, 0.15) is 17.0 Å². The molecule has 0 aliphatic heterocycles. The molecule has 0 atom stereocenters. The first-order chi connectivity index (χ1) is 6.72. The summed E-state index contributed by atoms with van der Waals surface area (Å²) in [6.45, 7) is 1.97. The first-order valence-corrected chi connectivity index (χ1v) is 5.50. The number of rotatable bonds is 3. The Labute approximate surface area is 91.3 Å². The first-order valence-electron chi connectivity index (χ1n) is 4.09. The summed E-state index contributed by atoms with van der Waals surface area (Å²) >= 11 is 6.70. The van der Waals surface area contributed by atoms with Crippen molar-refractivity contribution in [3.8, 4) is 6.07 Å². The van der Waals surface area contributed by atoms with E-state index in [1.165, 1.54) is 11.3 Å². The standard InChI is InChI=1S/C9H9ClN2OS/c1-2-6-5-14-9(7(6)4-11)12-8(13)3-10/h5H,2-3H2,1H3,(H,12,13). The van der Waals surface area contributed by atoms with Crippen molar-refractivity contribution >= 4 is 33.8 Å². The Morgan fingerprint density at radius 3 is 3.00 bits per heavy atom. The summed E-state index contributed by atoms with van der Waals surface area (Å²) < 4.78 is 0. The Bertz CT molecular complexity index is 381. The maximum Gasteiger partial charge on any atom is 0.239 e. The van der Waals surface area contributed by atoms with E-state index >= 15 is 0 Å². The predicted molar refractivity (Wildman–Crippen MR) is 57.8 cm³/mol. The largest absolute Gasteiger partial charge is 0.316 e. The van der Waals surface area contributed by atoms with Crippen LogP contribution in [0.25, 0.3) is 0 Å². The lowest BCUT2D eigenvalue weighted by Gasteiger charge is -1.99. The van der Waals surface area contributed by atoms with Crippen LogP contribution in [0.2, 0.25) is 0 Å². The van der Waals surface area contributed by atoms with Crippen LogP contribution in [0.3, 0.4) is 0 Å². The summed E-state index contributed by atoms with van der Waals surface area (Å²) in [7, 11) is 0. The number of aryl methyl sites for hydroxylation is 1. The first kappa shape index (κ1) is 11.0. The van der Waals surface area contributed by atoms with Crippen LogP contribution in [-0.2, 0) is 11.2 Å². The van der Waals surface area contributed by atoms with E-state index in [9.17, 15) is 4.79 Å². The fraction of sp³-hybridized carbons (Fsp3) is 0.333. The highest BCUT2D eigenvalue weighted by Crippen LogP contribution is 2.27. The Kier molecular flexibility index (Phi) is 3.93. The van der Waals surface area contributed by atoms with Crippen molar-refractivity contribution < 1.29 is 4.79 Å². The topological polar surface area (TPSA) is 52.9 Å². The van der Waals surface area contributed by atoms with E-state index in [1.807, 2.05) is 12.3 Å². The van der Waals surface area contributed by atoms with Crippen molar-refractivity contribution in [1.29, 1.82) is 5.26 Å². The van der Waals surface area contributed by atoms with Crippen LogP contribution in [0.15, 0.2) is 5.38 Å². The van der Waals surface area contributed by atoms with Gasteiger partial charge in [-0.1, -0.05) is 6.92 Å². The second kappa shape index (κ2) is 4.99. The van der Waals surface area contributed by atoms with Crippen LogP contribution in [0.4, 0.5) is 5.00 Å². The third kappa shape index (κ3) is 2.25. The maximum atomic E-state index is 11.0. The zero-order chi connectivity index (χ0) is 10.6. The summed E-state index contributed by atoms with van der Waals surface area (Å²) in [4.78, 5) is 11.0. The van der Waals surface area contributed by atoms with Gasteiger partial charge in [-0.15, -0.1) is 22.9 Å². The second-order valence-electron chi connectivity index (χ2n) is 2.61. The molecule has 1 aromatic heterocycles. The fourth-order valence-corrected chi connectivity index (χ4v) is 2.11. The van der Waals surface area contributed by atoms with Gasteiger partial charge in [0.2, 0.25) is 5.91 Å². The molecule has 0 aliphatic rings. The smallest absolute Gasteiger partial charge is 0.239 e. The molecular weight excluding hydrogens is 220 g/mol. The molecule has 1 heterocycles. The number of carbonyl (C=O) groups is 1. The lowest BCUT2D eigenvalue weighted by atomic mass is 10.1. The minimum absolute atomic E-state index is 0.0930. The minimum Gasteiger partial charge on any atom is -0.316 e. The SMILES string of the molecule is CCc1csc(NC(=O)CCl)c1C#N. The third-order valence-electron chi connectivity index (χ3n) is 1.73. The van der Waals surface area contributed by atoms with Crippen molar-refractivity contribution in [1.82, 2.24) is 0 Å². The van der Waals surface area contributed by atoms with E-state index in [1.54, 1.807) is 0 Å². The number of halogens is 1. The Morgan fingerprint density at radius 1 is 1.79 bits per heavy atom. The monoisotopic (exact) mass is 228 g/mol. The van der Waals surface area contributed by atoms with E-state index in [-0.39, 0.29) is 11.8 Å². The van der Waals surface area contributed by atoms with Gasteiger partial charge >= 0.3 is 0 Å². The fourth-order valence-electron chi connectivity index (χ4n) is 1.03. The van der Waals surface area contributed by atoms with Gasteiger partial charge in [-0.25, -0.2) is 0 Å². The average Bonchev–Trinajstić information content (AvgIpc) is 2.59. The molecule has 0 radical (unpaired) electrons. The van der Waals surface area contributed by atoms with Gasteiger partial charge in [0, 0.05) is 0 Å². The normalized spacial score (nSPS) is 9.50. The van der Waals surface area contributed by atoms with Crippen LogP contribution < -0.4 is 5.32 Å². The number of amides is 1. The van der Waals surface area contributed by atoms with Gasteiger partial charge in [0.15, 0.2) is 0 Å². The van der Waals surface area contributed by atoms with Gasteiger partial charge in [-0.05, 0) is 17.4 Å². The molecule has 74 valence electrons. The van der Waals surface area contributed by atoms with Crippen LogP contribution in [-0.4, -0.2) is 11.8 Å². The van der Waals surface area contributed by atoms with Gasteiger partial charge in [-0.2, -0.15) is 5.26 Å². The highest BCUT2D eigenvalue weighted by Gasteiger charge is 2.11. The summed E-state index contributed by atoms with van der Waals surface area (Å²) in [6.07, 6.45) is 0.788. The highest BCUT2D eigenvalue weighted by molar-refractivity contribution is 7.14. The molecule has 0 aromatic carbocycles. The number of nitrogens with one attached hydrogen (secondary N) is 1. The van der Waals surface area contributed by atoms with Gasteiger partial charge in [0.25, 0.3) is 0 Å². The van der Waals surface area contributed by atoms with E-state index < -0.39 is 0 Å². The number of nitriles is 1. The number of hydrogen-bond acceptors (Lipinski definition) is 3. The molecule has 0 saturated heterocycles. The van der Waals surface area contributed by atoms with Crippen molar-refractivity contribution in [2.24, 2.45) is 0 Å². The number of nitrogens with zero attached hydrogens (tertiary/aromatic N) is 1. The molecular formula is C9H9ClN2OS. The number of alkyl halides is 1. The molecule has 0 spiro atoms. The summed E-state index contributed by atoms with van der Waals surface area (Å²) in [5.41, 5.74) is 1.51. The maximum absolute atomic E-state index is 11.0. The van der Waals surface area contributed by atoms with Gasteiger partial charge < -0.3 is 5.32 Å². The molecule has 0 fully saturated rings. The molecule has 1 N–H and O–H groups in total. The lowest BCUT2D eigenvalue weighted by Crippen LogP contribution is -2.12. The van der Waals surface area contributed by atoms with Crippen LogP contribution in [0.1, 0.15) is 18.1 Å². The molecule has 0 aliphatic carbocycles. The van der Waals surface area contributed by atoms with Crippen LogP contribution in [0, 0.1) is 11.3 Å². The lowest BCUT2D eigenvalue weighted by molar-refractivity contribution is -0.113. The van der Waals surface area contributed by atoms with E-state index in [0.717, 1.165) is 12.0 Å². The molecule has 0 saturated carbocycles. The van der Waals surface area contributed by atoms with E-state index in [4.69, 9.17) is 16.9 Å². The Hall–Kier alpha value is -1.05. The van der Waals surface area contributed by atoms with Crippen molar-refractivity contribution in [2.45, 2.75) is 13.3 Å². The molecule has 1 aromatic rings. The highest BCUT2D eigenvalue weighted by atomic mass is 35.5. The Balaban J connectivity index is 2.93. The summed E-state index contributed by atoms with van der Waals surface area (Å²) in [5, 5.41) is 13.9. The minimum atomic E-state index is -0.285.